The van der Waals surface area contributed by atoms with E-state index in [0.717, 1.165) is 0 Å². The van der Waals surface area contributed by atoms with Crippen LogP contribution in [0.5, 0.6) is 0 Å². The van der Waals surface area contributed by atoms with Gasteiger partial charge in [-0.2, -0.15) is 0 Å². The zero-order valence-corrected chi connectivity index (χ0v) is 18.3. The highest BCUT2D eigenvalue weighted by Gasteiger charge is 2.44. The molecule has 7 heteroatoms. The molecule has 1 amide bonds. The van der Waals surface area contributed by atoms with Crippen LogP contribution in [-0.2, 0) is 18.7 Å². The zero-order chi connectivity index (χ0) is 19.6. The van der Waals surface area contributed by atoms with E-state index in [2.05, 4.69) is 33.9 Å². The van der Waals surface area contributed by atoms with Gasteiger partial charge in [-0.1, -0.05) is 20.8 Å². The maximum atomic E-state index is 12.6. The molecule has 146 valence electrons. The first-order valence-corrected chi connectivity index (χ1v) is 11.8. The highest BCUT2D eigenvalue weighted by Crippen LogP contribution is 2.39. The topological polar surface area (TPSA) is 65.1 Å². The van der Waals surface area contributed by atoms with E-state index in [1.165, 1.54) is 7.11 Å². The maximum absolute atomic E-state index is 12.6. The summed E-state index contributed by atoms with van der Waals surface area (Å²) < 4.78 is 16.7. The number of methoxy groups -OCH3 is 1. The molecule has 6 nitrogen and oxygen atoms in total. The van der Waals surface area contributed by atoms with Crippen molar-refractivity contribution in [2.24, 2.45) is 0 Å². The summed E-state index contributed by atoms with van der Waals surface area (Å²) in [7, 11) is -0.594. The molecule has 1 saturated heterocycles. The third-order valence-corrected chi connectivity index (χ3v) is 9.44. The van der Waals surface area contributed by atoms with E-state index >= 15 is 0 Å². The number of hydrogen-bond acceptors (Lipinski definition) is 5. The molecular formula is C18H35NO5Si. The first-order chi connectivity index (χ1) is 11.2. The number of likely N-dealkylation sites (tertiary alicyclic amines) is 1. The lowest BCUT2D eigenvalue weighted by Gasteiger charge is -2.38. The maximum Gasteiger partial charge on any atom is 0.410 e. The Labute approximate surface area is 153 Å². The summed E-state index contributed by atoms with van der Waals surface area (Å²) >= 11 is 0. The number of hydrogen-bond donors (Lipinski definition) is 0. The lowest BCUT2D eigenvalue weighted by Crippen LogP contribution is -2.45. The second-order valence-corrected chi connectivity index (χ2v) is 14.1. The number of esters is 1. The van der Waals surface area contributed by atoms with Gasteiger partial charge in [-0.25, -0.2) is 4.79 Å². The number of nitrogens with zero attached hydrogens (tertiary/aromatic N) is 1. The third kappa shape index (κ3) is 6.29. The molecule has 1 heterocycles. The van der Waals surface area contributed by atoms with Crippen LogP contribution in [0.15, 0.2) is 0 Å². The molecule has 0 saturated carbocycles. The van der Waals surface area contributed by atoms with Crippen molar-refractivity contribution in [2.45, 2.75) is 90.3 Å². The van der Waals surface area contributed by atoms with Gasteiger partial charge in [0.25, 0.3) is 0 Å². The molecule has 25 heavy (non-hydrogen) atoms. The van der Waals surface area contributed by atoms with Crippen LogP contribution in [0.4, 0.5) is 4.79 Å². The van der Waals surface area contributed by atoms with E-state index < -0.39 is 20.0 Å². The minimum Gasteiger partial charge on any atom is -0.469 e. The van der Waals surface area contributed by atoms with Crippen LogP contribution in [0.3, 0.4) is 0 Å². The van der Waals surface area contributed by atoms with E-state index in [0.29, 0.717) is 13.0 Å². The Bertz CT molecular complexity index is 493. The lowest BCUT2D eigenvalue weighted by molar-refractivity contribution is -0.141. The second-order valence-electron chi connectivity index (χ2n) is 9.30. The first kappa shape index (κ1) is 22.0. The number of carbonyl (C=O) groups excluding carboxylic acids is 2. The second kappa shape index (κ2) is 7.66. The van der Waals surface area contributed by atoms with Crippen LogP contribution in [-0.4, -0.2) is 56.7 Å². The quantitative estimate of drug-likeness (QED) is 0.551. The third-order valence-electron chi connectivity index (χ3n) is 4.90. The van der Waals surface area contributed by atoms with Crippen LogP contribution in [0.1, 0.15) is 54.4 Å². The summed E-state index contributed by atoms with van der Waals surface area (Å²) in [6.07, 6.45) is 0.305. The van der Waals surface area contributed by atoms with Gasteiger partial charge in [0, 0.05) is 12.6 Å². The van der Waals surface area contributed by atoms with Crippen LogP contribution >= 0.6 is 0 Å². The minimum absolute atomic E-state index is 0.0805. The van der Waals surface area contributed by atoms with Crippen molar-refractivity contribution in [1.82, 2.24) is 4.90 Å². The minimum atomic E-state index is -1.95. The molecule has 0 aliphatic carbocycles. The molecule has 0 radical (unpaired) electrons. The Hall–Kier alpha value is -1.08. The van der Waals surface area contributed by atoms with Gasteiger partial charge in [-0.15, -0.1) is 0 Å². The summed E-state index contributed by atoms with van der Waals surface area (Å²) in [4.78, 5) is 25.9. The Balaban J connectivity index is 2.90. The average molecular weight is 374 g/mol. The van der Waals surface area contributed by atoms with Gasteiger partial charge >= 0.3 is 12.1 Å². The summed E-state index contributed by atoms with van der Waals surface area (Å²) in [5.74, 6) is -0.327. The monoisotopic (exact) mass is 373 g/mol. The van der Waals surface area contributed by atoms with Crippen LogP contribution in [0, 0.1) is 0 Å². The van der Waals surface area contributed by atoms with Crippen molar-refractivity contribution < 1.29 is 23.5 Å². The molecule has 0 aromatic heterocycles. The van der Waals surface area contributed by atoms with E-state index in [-0.39, 0.29) is 29.6 Å². The Morgan fingerprint density at radius 1 is 1.12 bits per heavy atom. The largest absolute Gasteiger partial charge is 0.469 e. The summed E-state index contributed by atoms with van der Waals surface area (Å²) in [5, 5.41) is 0.0875. The van der Waals surface area contributed by atoms with E-state index in [1.54, 1.807) is 4.90 Å². The van der Waals surface area contributed by atoms with Crippen molar-refractivity contribution >= 4 is 20.4 Å². The molecule has 0 aromatic rings. The molecule has 0 N–H and O–H groups in total. The highest BCUT2D eigenvalue weighted by atomic mass is 28.4. The Kier molecular flexibility index (Phi) is 6.73. The van der Waals surface area contributed by atoms with Crippen molar-refractivity contribution in [2.75, 3.05) is 13.7 Å². The molecule has 1 rings (SSSR count). The molecule has 0 bridgehead atoms. The fourth-order valence-electron chi connectivity index (χ4n) is 2.57. The predicted octanol–water partition coefficient (Wildman–Crippen LogP) is 3.95. The molecule has 1 aliphatic heterocycles. The van der Waals surface area contributed by atoms with Gasteiger partial charge in [0.1, 0.15) is 5.60 Å². The predicted molar refractivity (Wildman–Crippen MR) is 100 cm³/mol. The Morgan fingerprint density at radius 3 is 2.12 bits per heavy atom. The standard InChI is InChI=1S/C18H35NO5Si/c1-17(2,3)23-16(21)19-12-14(10-13(19)11-15(20)22-7)24-25(8,9)18(4,5)6/h13-14H,10-12H2,1-9H3/t13-,14+/m0/s1. The van der Waals surface area contributed by atoms with Crippen LogP contribution in [0.25, 0.3) is 0 Å². The van der Waals surface area contributed by atoms with E-state index in [9.17, 15) is 9.59 Å². The van der Waals surface area contributed by atoms with Gasteiger partial charge in [0.05, 0.1) is 19.6 Å². The van der Waals surface area contributed by atoms with Gasteiger partial charge in [0.2, 0.25) is 0 Å². The molecule has 1 fully saturated rings. The SMILES string of the molecule is COC(=O)C[C@@H]1C[C@@H](O[Si](C)(C)C(C)(C)C)CN1C(=O)OC(C)(C)C. The van der Waals surface area contributed by atoms with Gasteiger partial charge in [-0.3, -0.25) is 4.79 Å². The Morgan fingerprint density at radius 2 is 1.68 bits per heavy atom. The molecule has 0 spiro atoms. The number of carbonyl (C=O) groups is 2. The molecular weight excluding hydrogens is 338 g/mol. The number of rotatable bonds is 4. The van der Waals surface area contributed by atoms with Gasteiger partial charge in [-0.05, 0) is 45.3 Å². The number of ether oxygens (including phenoxy) is 2. The van der Waals surface area contributed by atoms with Crippen molar-refractivity contribution in [3.8, 4) is 0 Å². The zero-order valence-electron chi connectivity index (χ0n) is 17.3. The average Bonchev–Trinajstić information content (AvgIpc) is 2.77. The van der Waals surface area contributed by atoms with Crippen molar-refractivity contribution in [3.63, 3.8) is 0 Å². The van der Waals surface area contributed by atoms with Crippen LogP contribution < -0.4 is 0 Å². The normalized spacial score (nSPS) is 22.0. The van der Waals surface area contributed by atoms with Gasteiger partial charge in [0.15, 0.2) is 8.32 Å². The van der Waals surface area contributed by atoms with E-state index in [4.69, 9.17) is 13.9 Å². The summed E-state index contributed by atoms with van der Waals surface area (Å²) in [5.41, 5.74) is -0.578. The van der Waals surface area contributed by atoms with Crippen molar-refractivity contribution in [3.05, 3.63) is 0 Å². The number of amides is 1. The van der Waals surface area contributed by atoms with Crippen LogP contribution in [0.2, 0.25) is 18.1 Å². The highest BCUT2D eigenvalue weighted by molar-refractivity contribution is 6.74. The molecule has 0 unspecified atom stereocenters. The summed E-state index contributed by atoms with van der Waals surface area (Å²) in [6.45, 7) is 16.9. The summed E-state index contributed by atoms with van der Waals surface area (Å²) in [6, 6.07) is -0.253. The first-order valence-electron chi connectivity index (χ1n) is 8.90. The van der Waals surface area contributed by atoms with Gasteiger partial charge < -0.3 is 18.8 Å². The van der Waals surface area contributed by atoms with Crippen molar-refractivity contribution in [1.29, 1.82) is 0 Å². The lowest BCUT2D eigenvalue weighted by atomic mass is 10.1. The smallest absolute Gasteiger partial charge is 0.410 e. The molecule has 1 aliphatic rings. The molecule has 2 atom stereocenters. The fraction of sp³-hybridized carbons (Fsp3) is 0.889. The fourth-order valence-corrected chi connectivity index (χ4v) is 3.92. The molecule has 0 aromatic carbocycles. The van der Waals surface area contributed by atoms with E-state index in [1.807, 2.05) is 20.8 Å².